The van der Waals surface area contributed by atoms with Crippen molar-refractivity contribution in [3.8, 4) is 0 Å². The molecule has 0 atom stereocenters. The Hall–Kier alpha value is -1.88. The maximum absolute atomic E-state index is 12.0. The first-order chi connectivity index (χ1) is 10.6. The summed E-state index contributed by atoms with van der Waals surface area (Å²) in [5.41, 5.74) is 2.34. The summed E-state index contributed by atoms with van der Waals surface area (Å²) in [6.07, 6.45) is 0.897. The minimum Gasteiger partial charge on any atom is -0.331 e. The van der Waals surface area contributed by atoms with E-state index in [9.17, 15) is 4.79 Å². The number of nitrogens with one attached hydrogen (secondary N) is 1. The van der Waals surface area contributed by atoms with E-state index in [0.29, 0.717) is 6.54 Å². The van der Waals surface area contributed by atoms with Crippen molar-refractivity contribution in [1.82, 2.24) is 15.2 Å². The number of nitrogens with zero attached hydrogens (tertiary/aromatic N) is 2. The Balaban J connectivity index is 1.96. The molecule has 0 saturated heterocycles. The van der Waals surface area contributed by atoms with E-state index in [4.69, 9.17) is 0 Å². The monoisotopic (exact) mass is 317 g/mol. The van der Waals surface area contributed by atoms with E-state index >= 15 is 0 Å². The Morgan fingerprint density at radius 2 is 1.91 bits per heavy atom. The molecule has 2 aromatic rings. The summed E-state index contributed by atoms with van der Waals surface area (Å²) in [5.74, 6) is 0. The van der Waals surface area contributed by atoms with Crippen molar-refractivity contribution in [2.24, 2.45) is 0 Å². The number of thiazole rings is 1. The number of amides is 2. The molecule has 2 amide bonds. The highest BCUT2D eigenvalue weighted by Gasteiger charge is 2.12. The van der Waals surface area contributed by atoms with Crippen LogP contribution in [0.4, 0.5) is 4.79 Å². The van der Waals surface area contributed by atoms with Gasteiger partial charge in [0.2, 0.25) is 0 Å². The number of urea groups is 1. The average Bonchev–Trinajstić information content (AvgIpc) is 2.87. The predicted molar refractivity (Wildman–Crippen MR) is 91.3 cm³/mol. The molecule has 0 unspecified atom stereocenters. The van der Waals surface area contributed by atoms with Crippen molar-refractivity contribution < 1.29 is 4.79 Å². The van der Waals surface area contributed by atoms with Crippen molar-refractivity contribution in [2.45, 2.75) is 33.7 Å². The average molecular weight is 317 g/mol. The molecule has 0 aliphatic carbocycles. The first-order valence-electron chi connectivity index (χ1n) is 7.65. The van der Waals surface area contributed by atoms with Crippen LogP contribution < -0.4 is 5.32 Å². The van der Waals surface area contributed by atoms with E-state index in [1.807, 2.05) is 26.8 Å². The molecule has 1 N–H and O–H groups in total. The maximum Gasteiger partial charge on any atom is 0.317 e. The van der Waals surface area contributed by atoms with Crippen LogP contribution in [0, 0.1) is 6.92 Å². The number of aromatic nitrogens is 1. The largest absolute Gasteiger partial charge is 0.331 e. The van der Waals surface area contributed by atoms with Gasteiger partial charge in [0.15, 0.2) is 0 Å². The van der Waals surface area contributed by atoms with Crippen molar-refractivity contribution in [3.05, 3.63) is 51.5 Å². The molecule has 5 heteroatoms. The quantitative estimate of drug-likeness (QED) is 0.885. The second-order valence-electron chi connectivity index (χ2n) is 5.11. The molecule has 118 valence electrons. The Bertz CT molecular complexity index is 606. The van der Waals surface area contributed by atoms with Gasteiger partial charge in [0.1, 0.15) is 5.01 Å². The standard InChI is InChI=1S/C17H23N3OS/c1-4-20(5-2)17(21)18-12-16-19-13(3)15(22-16)11-14-9-7-6-8-10-14/h6-10H,4-5,11-12H2,1-3H3,(H,18,21). The Kier molecular flexibility index (Phi) is 5.95. The van der Waals surface area contributed by atoms with Gasteiger partial charge in [0.25, 0.3) is 0 Å². The molecule has 1 aromatic heterocycles. The van der Waals surface area contributed by atoms with Crippen LogP contribution in [0.1, 0.15) is 35.0 Å². The van der Waals surface area contributed by atoms with E-state index < -0.39 is 0 Å². The third kappa shape index (κ3) is 4.31. The van der Waals surface area contributed by atoms with E-state index in [1.165, 1.54) is 10.4 Å². The number of hydrogen-bond acceptors (Lipinski definition) is 3. The van der Waals surface area contributed by atoms with E-state index in [0.717, 1.165) is 30.2 Å². The molecule has 1 aromatic carbocycles. The molecular weight excluding hydrogens is 294 g/mol. The highest BCUT2D eigenvalue weighted by atomic mass is 32.1. The number of rotatable bonds is 6. The van der Waals surface area contributed by atoms with Crippen molar-refractivity contribution in [3.63, 3.8) is 0 Å². The zero-order valence-corrected chi connectivity index (χ0v) is 14.2. The molecule has 0 radical (unpaired) electrons. The van der Waals surface area contributed by atoms with Gasteiger partial charge >= 0.3 is 6.03 Å². The second-order valence-corrected chi connectivity index (χ2v) is 6.28. The van der Waals surface area contributed by atoms with Crippen LogP contribution in [0.3, 0.4) is 0 Å². The zero-order chi connectivity index (χ0) is 15.9. The van der Waals surface area contributed by atoms with Crippen LogP contribution >= 0.6 is 11.3 Å². The number of aryl methyl sites for hydroxylation is 1. The molecule has 0 aliphatic rings. The summed E-state index contributed by atoms with van der Waals surface area (Å²) in [7, 11) is 0. The lowest BCUT2D eigenvalue weighted by molar-refractivity contribution is 0.203. The molecule has 4 nitrogen and oxygen atoms in total. The third-order valence-corrected chi connectivity index (χ3v) is 4.74. The van der Waals surface area contributed by atoms with Gasteiger partial charge in [-0.15, -0.1) is 11.3 Å². The molecule has 0 fully saturated rings. The summed E-state index contributed by atoms with van der Waals surface area (Å²) in [6.45, 7) is 7.93. The number of carbonyl (C=O) groups excluding carboxylic acids is 1. The minimum atomic E-state index is -0.0255. The van der Waals surface area contributed by atoms with E-state index in [1.54, 1.807) is 16.2 Å². The topological polar surface area (TPSA) is 45.2 Å². The van der Waals surface area contributed by atoms with Crippen molar-refractivity contribution >= 4 is 17.4 Å². The van der Waals surface area contributed by atoms with Gasteiger partial charge in [-0.3, -0.25) is 0 Å². The fraction of sp³-hybridized carbons (Fsp3) is 0.412. The SMILES string of the molecule is CCN(CC)C(=O)NCc1nc(C)c(Cc2ccccc2)s1. The van der Waals surface area contributed by atoms with Crippen molar-refractivity contribution in [1.29, 1.82) is 0 Å². The van der Waals surface area contributed by atoms with Gasteiger partial charge in [-0.1, -0.05) is 30.3 Å². The summed E-state index contributed by atoms with van der Waals surface area (Å²) in [4.78, 5) is 19.6. The van der Waals surface area contributed by atoms with E-state index in [2.05, 4.69) is 34.6 Å². The van der Waals surface area contributed by atoms with Gasteiger partial charge in [-0.2, -0.15) is 0 Å². The van der Waals surface area contributed by atoms with Crippen LogP contribution in [0.15, 0.2) is 30.3 Å². The summed E-state index contributed by atoms with van der Waals surface area (Å²) < 4.78 is 0. The van der Waals surface area contributed by atoms with Crippen molar-refractivity contribution in [2.75, 3.05) is 13.1 Å². The summed E-state index contributed by atoms with van der Waals surface area (Å²) >= 11 is 1.68. The molecule has 1 heterocycles. The smallest absolute Gasteiger partial charge is 0.317 e. The van der Waals surface area contributed by atoms with Gasteiger partial charge in [-0.05, 0) is 26.3 Å². The fourth-order valence-electron chi connectivity index (χ4n) is 2.28. The molecule has 0 saturated carbocycles. The summed E-state index contributed by atoms with van der Waals surface area (Å²) in [5, 5.41) is 3.90. The third-order valence-electron chi connectivity index (χ3n) is 3.59. The van der Waals surface area contributed by atoms with Crippen LogP contribution in [-0.4, -0.2) is 29.0 Å². The van der Waals surface area contributed by atoms with Crippen LogP contribution in [-0.2, 0) is 13.0 Å². The lowest BCUT2D eigenvalue weighted by atomic mass is 10.1. The van der Waals surface area contributed by atoms with Gasteiger partial charge in [-0.25, -0.2) is 9.78 Å². The first-order valence-corrected chi connectivity index (χ1v) is 8.47. The molecule has 0 spiro atoms. The van der Waals surface area contributed by atoms with Gasteiger partial charge in [0, 0.05) is 24.4 Å². The van der Waals surface area contributed by atoms with E-state index in [-0.39, 0.29) is 6.03 Å². The molecule has 22 heavy (non-hydrogen) atoms. The summed E-state index contributed by atoms with van der Waals surface area (Å²) in [6, 6.07) is 10.4. The van der Waals surface area contributed by atoms with Crippen LogP contribution in [0.25, 0.3) is 0 Å². The molecule has 2 rings (SSSR count). The normalized spacial score (nSPS) is 10.5. The molecule has 0 aliphatic heterocycles. The Labute approximate surface area is 136 Å². The van der Waals surface area contributed by atoms with Crippen LogP contribution in [0.2, 0.25) is 0 Å². The Morgan fingerprint density at radius 3 is 2.55 bits per heavy atom. The maximum atomic E-state index is 12.0. The zero-order valence-electron chi connectivity index (χ0n) is 13.4. The minimum absolute atomic E-state index is 0.0255. The lowest BCUT2D eigenvalue weighted by Crippen LogP contribution is -2.39. The highest BCUT2D eigenvalue weighted by molar-refractivity contribution is 7.11. The number of benzene rings is 1. The highest BCUT2D eigenvalue weighted by Crippen LogP contribution is 2.21. The Morgan fingerprint density at radius 1 is 1.23 bits per heavy atom. The molecular formula is C17H23N3OS. The first kappa shape index (κ1) is 16.5. The predicted octanol–water partition coefficient (Wildman–Crippen LogP) is 3.59. The van der Waals surface area contributed by atoms with Gasteiger partial charge in [0.05, 0.1) is 12.2 Å². The number of hydrogen-bond donors (Lipinski definition) is 1. The number of carbonyl (C=O) groups is 1. The van der Waals surface area contributed by atoms with Gasteiger partial charge < -0.3 is 10.2 Å². The van der Waals surface area contributed by atoms with Crippen LogP contribution in [0.5, 0.6) is 0 Å². The molecule has 0 bridgehead atoms. The fourth-order valence-corrected chi connectivity index (χ4v) is 3.33. The second kappa shape index (κ2) is 7.94. The lowest BCUT2D eigenvalue weighted by Gasteiger charge is -2.18.